The van der Waals surface area contributed by atoms with Gasteiger partial charge in [-0.2, -0.15) is 0 Å². The first kappa shape index (κ1) is 13.2. The zero-order valence-electron chi connectivity index (χ0n) is 10.5. The Morgan fingerprint density at radius 3 is 2.53 bits per heavy atom. The van der Waals surface area contributed by atoms with E-state index in [0.717, 1.165) is 0 Å². The van der Waals surface area contributed by atoms with Gasteiger partial charge >= 0.3 is 0 Å². The molecule has 0 aliphatic heterocycles. The highest BCUT2D eigenvalue weighted by molar-refractivity contribution is 5.94. The average molecular weight is 239 g/mol. The zero-order valence-corrected chi connectivity index (χ0v) is 10.5. The maximum absolute atomic E-state index is 11.5. The minimum Gasteiger partial charge on any atom is -0.351 e. The Kier molecular flexibility index (Phi) is 3.88. The van der Waals surface area contributed by atoms with Crippen LogP contribution < -0.4 is 10.6 Å². The van der Waals surface area contributed by atoms with E-state index in [2.05, 4.69) is 15.8 Å². The lowest BCUT2D eigenvalue weighted by molar-refractivity contribution is -0.121. The summed E-state index contributed by atoms with van der Waals surface area (Å²) < 4.78 is 4.77. The fourth-order valence-electron chi connectivity index (χ4n) is 1.18. The molecule has 0 atom stereocenters. The zero-order chi connectivity index (χ0) is 13.1. The molecular weight excluding hydrogens is 222 g/mol. The van der Waals surface area contributed by atoms with Crippen LogP contribution in [0.25, 0.3) is 0 Å². The molecule has 0 radical (unpaired) electrons. The molecule has 0 saturated carbocycles. The Bertz CT molecular complexity index is 418. The first-order chi connectivity index (χ1) is 7.78. The largest absolute Gasteiger partial charge is 0.351 e. The van der Waals surface area contributed by atoms with Crippen molar-refractivity contribution in [3.8, 4) is 0 Å². The van der Waals surface area contributed by atoms with E-state index in [4.69, 9.17) is 4.52 Å². The molecule has 0 spiro atoms. The second-order valence-corrected chi connectivity index (χ2v) is 4.81. The number of carbonyl (C=O) groups excluding carboxylic acids is 2. The summed E-state index contributed by atoms with van der Waals surface area (Å²) in [4.78, 5) is 22.9. The van der Waals surface area contributed by atoms with Crippen LogP contribution in [-0.2, 0) is 4.79 Å². The van der Waals surface area contributed by atoms with E-state index in [1.54, 1.807) is 6.92 Å². The quantitative estimate of drug-likeness (QED) is 0.810. The third-order valence-electron chi connectivity index (χ3n) is 1.78. The Morgan fingerprint density at radius 1 is 1.41 bits per heavy atom. The molecule has 2 N–H and O–H groups in total. The number of amides is 2. The number of rotatable bonds is 3. The molecule has 2 amide bonds. The van der Waals surface area contributed by atoms with Gasteiger partial charge in [-0.25, -0.2) is 0 Å². The summed E-state index contributed by atoms with van der Waals surface area (Å²) in [5, 5.41) is 8.77. The summed E-state index contributed by atoms with van der Waals surface area (Å²) in [6.45, 7) is 7.23. The standard InChI is InChI=1S/C11H17N3O3/c1-7-5-8(17-14-7)10(16)12-6-9(15)13-11(2,3)4/h5H,6H2,1-4H3,(H,12,16)(H,13,15). The minimum atomic E-state index is -0.449. The Balaban J connectivity index is 2.41. The van der Waals surface area contributed by atoms with Crippen LogP contribution in [0.5, 0.6) is 0 Å². The van der Waals surface area contributed by atoms with Crippen LogP contribution in [0, 0.1) is 6.92 Å². The van der Waals surface area contributed by atoms with Gasteiger partial charge < -0.3 is 15.2 Å². The maximum atomic E-state index is 11.5. The lowest BCUT2D eigenvalue weighted by Gasteiger charge is -2.20. The highest BCUT2D eigenvalue weighted by Crippen LogP contribution is 2.01. The second kappa shape index (κ2) is 4.99. The first-order valence-electron chi connectivity index (χ1n) is 5.30. The summed E-state index contributed by atoms with van der Waals surface area (Å²) >= 11 is 0. The van der Waals surface area contributed by atoms with Crippen LogP contribution in [-0.4, -0.2) is 29.1 Å². The highest BCUT2D eigenvalue weighted by Gasteiger charge is 2.16. The van der Waals surface area contributed by atoms with Crippen LogP contribution in [0.3, 0.4) is 0 Å². The summed E-state index contributed by atoms with van der Waals surface area (Å²) in [7, 11) is 0. The van der Waals surface area contributed by atoms with E-state index in [-0.39, 0.29) is 23.8 Å². The third-order valence-corrected chi connectivity index (χ3v) is 1.78. The molecule has 6 nitrogen and oxygen atoms in total. The Hall–Kier alpha value is -1.85. The average Bonchev–Trinajstić information content (AvgIpc) is 2.58. The van der Waals surface area contributed by atoms with Crippen molar-refractivity contribution in [3.05, 3.63) is 17.5 Å². The van der Waals surface area contributed by atoms with Gasteiger partial charge in [-0.3, -0.25) is 9.59 Å². The second-order valence-electron chi connectivity index (χ2n) is 4.81. The van der Waals surface area contributed by atoms with Crippen LogP contribution in [0.15, 0.2) is 10.6 Å². The molecule has 17 heavy (non-hydrogen) atoms. The van der Waals surface area contributed by atoms with Crippen molar-refractivity contribution in [3.63, 3.8) is 0 Å². The van der Waals surface area contributed by atoms with Crippen molar-refractivity contribution in [2.75, 3.05) is 6.54 Å². The molecule has 1 rings (SSSR count). The van der Waals surface area contributed by atoms with Crippen LogP contribution in [0.2, 0.25) is 0 Å². The van der Waals surface area contributed by atoms with Gasteiger partial charge in [-0.1, -0.05) is 5.16 Å². The van der Waals surface area contributed by atoms with Crippen molar-refractivity contribution >= 4 is 11.8 Å². The molecule has 1 aromatic rings. The van der Waals surface area contributed by atoms with Gasteiger partial charge in [-0.15, -0.1) is 0 Å². The van der Waals surface area contributed by atoms with Gasteiger partial charge in [-0.05, 0) is 27.7 Å². The number of aromatic nitrogens is 1. The molecule has 0 aliphatic carbocycles. The van der Waals surface area contributed by atoms with Crippen LogP contribution in [0.4, 0.5) is 0 Å². The summed E-state index contributed by atoms with van der Waals surface area (Å²) in [5.74, 6) is -0.595. The fourth-order valence-corrected chi connectivity index (χ4v) is 1.18. The van der Waals surface area contributed by atoms with Crippen molar-refractivity contribution < 1.29 is 14.1 Å². The van der Waals surface area contributed by atoms with E-state index in [1.807, 2.05) is 20.8 Å². The number of nitrogens with zero attached hydrogens (tertiary/aromatic N) is 1. The summed E-state index contributed by atoms with van der Waals surface area (Å²) in [6, 6.07) is 1.51. The summed E-state index contributed by atoms with van der Waals surface area (Å²) in [6.07, 6.45) is 0. The number of carbonyl (C=O) groups is 2. The topological polar surface area (TPSA) is 84.2 Å². The van der Waals surface area contributed by atoms with E-state index < -0.39 is 5.91 Å². The molecule has 0 fully saturated rings. The molecule has 0 aromatic carbocycles. The Morgan fingerprint density at radius 2 is 2.06 bits per heavy atom. The Labute approximate surface area is 99.7 Å². The van der Waals surface area contributed by atoms with Crippen molar-refractivity contribution in [1.29, 1.82) is 0 Å². The van der Waals surface area contributed by atoms with E-state index in [0.29, 0.717) is 5.69 Å². The predicted molar refractivity (Wildman–Crippen MR) is 61.5 cm³/mol. The van der Waals surface area contributed by atoms with Gasteiger partial charge in [0.15, 0.2) is 0 Å². The smallest absolute Gasteiger partial charge is 0.290 e. The van der Waals surface area contributed by atoms with Crippen molar-refractivity contribution in [2.24, 2.45) is 0 Å². The molecule has 0 bridgehead atoms. The maximum Gasteiger partial charge on any atom is 0.290 e. The van der Waals surface area contributed by atoms with Crippen molar-refractivity contribution in [2.45, 2.75) is 33.2 Å². The molecule has 0 saturated heterocycles. The van der Waals surface area contributed by atoms with Gasteiger partial charge in [0.05, 0.1) is 12.2 Å². The van der Waals surface area contributed by atoms with Gasteiger partial charge in [0.2, 0.25) is 11.7 Å². The number of nitrogens with one attached hydrogen (secondary N) is 2. The molecule has 1 heterocycles. The first-order valence-corrected chi connectivity index (χ1v) is 5.30. The van der Waals surface area contributed by atoms with Gasteiger partial charge in [0.1, 0.15) is 0 Å². The molecular formula is C11H17N3O3. The highest BCUT2D eigenvalue weighted by atomic mass is 16.5. The predicted octanol–water partition coefficient (Wildman–Crippen LogP) is 0.628. The molecule has 94 valence electrons. The minimum absolute atomic E-state index is 0.0874. The monoisotopic (exact) mass is 239 g/mol. The lowest BCUT2D eigenvalue weighted by atomic mass is 10.1. The molecule has 0 unspecified atom stereocenters. The number of hydrogen-bond donors (Lipinski definition) is 2. The van der Waals surface area contributed by atoms with Crippen LogP contribution in [0.1, 0.15) is 37.0 Å². The van der Waals surface area contributed by atoms with Crippen LogP contribution >= 0.6 is 0 Å². The normalized spacial score (nSPS) is 11.1. The fraction of sp³-hybridized carbons (Fsp3) is 0.545. The lowest BCUT2D eigenvalue weighted by Crippen LogP contribution is -2.45. The van der Waals surface area contributed by atoms with E-state index in [9.17, 15) is 9.59 Å². The molecule has 0 aliphatic rings. The third kappa shape index (κ3) is 4.67. The molecule has 6 heteroatoms. The molecule has 1 aromatic heterocycles. The number of aryl methyl sites for hydroxylation is 1. The SMILES string of the molecule is Cc1cc(C(=O)NCC(=O)NC(C)(C)C)on1. The van der Waals surface area contributed by atoms with E-state index >= 15 is 0 Å². The van der Waals surface area contributed by atoms with Gasteiger partial charge in [0.25, 0.3) is 5.91 Å². The van der Waals surface area contributed by atoms with Crippen molar-refractivity contribution in [1.82, 2.24) is 15.8 Å². The summed E-state index contributed by atoms with van der Waals surface area (Å²) in [5.41, 5.74) is 0.305. The number of hydrogen-bond acceptors (Lipinski definition) is 4. The van der Waals surface area contributed by atoms with Gasteiger partial charge in [0, 0.05) is 11.6 Å². The van der Waals surface area contributed by atoms with E-state index in [1.165, 1.54) is 6.07 Å².